The van der Waals surface area contributed by atoms with E-state index in [-0.39, 0.29) is 0 Å². The van der Waals surface area contributed by atoms with Gasteiger partial charge in [-0.15, -0.1) is 0 Å². The van der Waals surface area contributed by atoms with Gasteiger partial charge in [0.15, 0.2) is 0 Å². The van der Waals surface area contributed by atoms with Crippen LogP contribution >= 0.6 is 0 Å². The van der Waals surface area contributed by atoms with Crippen LogP contribution in [0.25, 0.3) is 0 Å². The third-order valence-corrected chi connectivity index (χ3v) is 4.12. The lowest BCUT2D eigenvalue weighted by Crippen LogP contribution is -2.48. The lowest BCUT2D eigenvalue weighted by Gasteiger charge is -2.23. The second kappa shape index (κ2) is 14.8. The van der Waals surface area contributed by atoms with Crippen molar-refractivity contribution in [3.8, 4) is 0 Å². The Kier molecular flexibility index (Phi) is 14.8. The molecule has 0 saturated heterocycles. The molecule has 0 fully saturated rings. The van der Waals surface area contributed by atoms with Crippen molar-refractivity contribution in [1.29, 1.82) is 0 Å². The molecule has 0 aliphatic carbocycles. The predicted molar refractivity (Wildman–Crippen MR) is 96.3 cm³/mol. The van der Waals surface area contributed by atoms with Crippen LogP contribution in [-0.4, -0.2) is 32.3 Å². The molecular weight excluding hydrogens is 256 g/mol. The van der Waals surface area contributed by atoms with Crippen molar-refractivity contribution in [1.82, 2.24) is 5.43 Å². The first-order valence-electron chi connectivity index (χ1n) is 9.63. The van der Waals surface area contributed by atoms with Gasteiger partial charge in [-0.1, -0.05) is 90.4 Å². The zero-order valence-corrected chi connectivity index (χ0v) is 15.6. The maximum atomic E-state index is 3.50. The third kappa shape index (κ3) is 19.9. The maximum absolute atomic E-state index is 3.50. The second-order valence-corrected chi connectivity index (χ2v) is 7.52. The highest BCUT2D eigenvalue weighted by Gasteiger charge is 2.03. The Morgan fingerprint density at radius 1 is 0.524 bits per heavy atom. The molecule has 2 heteroatoms. The molecule has 2 nitrogen and oxygen atoms in total. The lowest BCUT2D eigenvalue weighted by molar-refractivity contribution is -0.915. The van der Waals surface area contributed by atoms with E-state index in [0.29, 0.717) is 0 Å². The number of unbranched alkanes of at least 4 members (excludes halogenated alkanes) is 13. The normalized spacial score (nSPS) is 12.0. The van der Waals surface area contributed by atoms with E-state index in [1.165, 1.54) is 89.9 Å². The Bertz CT molecular complexity index is 196. The van der Waals surface area contributed by atoms with Crippen LogP contribution in [-0.2, 0) is 0 Å². The first-order valence-corrected chi connectivity index (χ1v) is 9.63. The van der Waals surface area contributed by atoms with Gasteiger partial charge in [0.05, 0.1) is 21.1 Å². The van der Waals surface area contributed by atoms with Crippen LogP contribution in [0, 0.1) is 0 Å². The zero-order valence-electron chi connectivity index (χ0n) is 15.6. The van der Waals surface area contributed by atoms with Crippen molar-refractivity contribution in [2.75, 3.05) is 27.7 Å². The number of quaternary nitrogens is 1. The van der Waals surface area contributed by atoms with Crippen LogP contribution < -0.4 is 5.43 Å². The average molecular weight is 300 g/mol. The third-order valence-electron chi connectivity index (χ3n) is 4.12. The van der Waals surface area contributed by atoms with E-state index < -0.39 is 0 Å². The summed E-state index contributed by atoms with van der Waals surface area (Å²) in [7, 11) is 6.55. The van der Waals surface area contributed by atoms with Crippen molar-refractivity contribution in [3.63, 3.8) is 0 Å². The molecule has 0 heterocycles. The van der Waals surface area contributed by atoms with E-state index in [4.69, 9.17) is 0 Å². The molecule has 0 aliphatic heterocycles. The summed E-state index contributed by atoms with van der Waals surface area (Å²) in [6.07, 6.45) is 20.1. The van der Waals surface area contributed by atoms with E-state index in [9.17, 15) is 0 Å². The van der Waals surface area contributed by atoms with Crippen LogP contribution in [0.1, 0.15) is 96.8 Å². The molecule has 21 heavy (non-hydrogen) atoms. The number of nitrogens with one attached hydrogen (secondary N) is 1. The highest BCUT2D eigenvalue weighted by Crippen LogP contribution is 2.12. The average Bonchev–Trinajstić information content (AvgIpc) is 2.42. The van der Waals surface area contributed by atoms with E-state index in [1.54, 1.807) is 0 Å². The quantitative estimate of drug-likeness (QED) is 0.220. The van der Waals surface area contributed by atoms with E-state index in [2.05, 4.69) is 33.5 Å². The molecule has 0 aromatic rings. The summed E-state index contributed by atoms with van der Waals surface area (Å²) >= 11 is 0. The van der Waals surface area contributed by atoms with Gasteiger partial charge in [-0.2, -0.15) is 5.43 Å². The Morgan fingerprint density at radius 3 is 1.19 bits per heavy atom. The highest BCUT2D eigenvalue weighted by atomic mass is 15.6. The molecule has 0 bridgehead atoms. The van der Waals surface area contributed by atoms with Crippen molar-refractivity contribution in [3.05, 3.63) is 0 Å². The molecular formula is C19H43N2+. The standard InChI is InChI=1S/C19H43N2/c1-5-6-7-8-9-10-11-12-13-14-15-16-17-18-19-20-21(2,3)4/h20H,5-19H2,1-4H3/q+1. The van der Waals surface area contributed by atoms with Crippen LogP contribution in [0.4, 0.5) is 0 Å². The maximum Gasteiger partial charge on any atom is 0.0853 e. The summed E-state index contributed by atoms with van der Waals surface area (Å²) in [5, 5.41) is 0. The van der Waals surface area contributed by atoms with Gasteiger partial charge in [0.25, 0.3) is 0 Å². The molecule has 0 aromatic carbocycles. The molecule has 0 amide bonds. The fourth-order valence-corrected chi connectivity index (χ4v) is 2.73. The van der Waals surface area contributed by atoms with Crippen molar-refractivity contribution in [2.45, 2.75) is 96.8 Å². The Labute approximate surface area is 135 Å². The first-order chi connectivity index (χ1) is 10.1. The number of nitrogens with zero attached hydrogens (tertiary/aromatic N) is 1. The number of hydrogen-bond donors (Lipinski definition) is 1. The molecule has 0 atom stereocenters. The Hall–Kier alpha value is -0.0800. The minimum absolute atomic E-state index is 0.873. The fraction of sp³-hybridized carbons (Fsp3) is 1.00. The summed E-state index contributed by atoms with van der Waals surface area (Å²) in [4.78, 5) is 0. The van der Waals surface area contributed by atoms with Crippen LogP contribution in [0.15, 0.2) is 0 Å². The predicted octanol–water partition coefficient (Wildman–Crippen LogP) is 5.68. The fourth-order valence-electron chi connectivity index (χ4n) is 2.73. The van der Waals surface area contributed by atoms with Crippen molar-refractivity contribution in [2.24, 2.45) is 0 Å². The molecule has 0 spiro atoms. The largest absolute Gasteiger partial charge is 0.253 e. The van der Waals surface area contributed by atoms with Crippen molar-refractivity contribution < 1.29 is 4.59 Å². The van der Waals surface area contributed by atoms with E-state index >= 15 is 0 Å². The van der Waals surface area contributed by atoms with Crippen molar-refractivity contribution >= 4 is 0 Å². The second-order valence-electron chi connectivity index (χ2n) is 7.52. The Balaban J connectivity index is 3.00. The van der Waals surface area contributed by atoms with Crippen LogP contribution in [0.5, 0.6) is 0 Å². The summed E-state index contributed by atoms with van der Waals surface area (Å²) in [5.41, 5.74) is 3.50. The van der Waals surface area contributed by atoms with E-state index in [1.807, 2.05) is 0 Å². The number of rotatable bonds is 16. The minimum Gasteiger partial charge on any atom is -0.253 e. The summed E-state index contributed by atoms with van der Waals surface area (Å²) in [5.74, 6) is 0. The zero-order chi connectivity index (χ0) is 15.8. The molecule has 0 unspecified atom stereocenters. The van der Waals surface area contributed by atoms with Gasteiger partial charge in [-0.05, 0) is 6.42 Å². The van der Waals surface area contributed by atoms with Crippen LogP contribution in [0.2, 0.25) is 0 Å². The molecule has 0 rings (SSSR count). The van der Waals surface area contributed by atoms with Gasteiger partial charge < -0.3 is 0 Å². The topological polar surface area (TPSA) is 12.0 Å². The van der Waals surface area contributed by atoms with E-state index in [0.717, 1.165) is 11.1 Å². The number of hydrogen-bond acceptors (Lipinski definition) is 1. The smallest absolute Gasteiger partial charge is 0.0853 e. The Morgan fingerprint density at radius 2 is 0.857 bits per heavy atom. The summed E-state index contributed by atoms with van der Waals surface area (Å²) < 4.78 is 0.873. The van der Waals surface area contributed by atoms with Gasteiger partial charge in [-0.25, -0.2) is 0 Å². The molecule has 0 radical (unpaired) electrons. The van der Waals surface area contributed by atoms with Gasteiger partial charge in [0.2, 0.25) is 0 Å². The summed E-state index contributed by atoms with van der Waals surface area (Å²) in [6.45, 7) is 3.45. The van der Waals surface area contributed by atoms with Gasteiger partial charge in [0.1, 0.15) is 0 Å². The molecule has 0 saturated carbocycles. The molecule has 0 aromatic heterocycles. The van der Waals surface area contributed by atoms with Gasteiger partial charge in [0, 0.05) is 6.54 Å². The molecule has 1 N–H and O–H groups in total. The minimum atomic E-state index is 0.873. The van der Waals surface area contributed by atoms with Crippen LogP contribution in [0.3, 0.4) is 0 Å². The van der Waals surface area contributed by atoms with Gasteiger partial charge in [-0.3, -0.25) is 4.59 Å². The lowest BCUT2D eigenvalue weighted by atomic mass is 10.0. The SMILES string of the molecule is CCCCCCCCCCCCCCCCN[N+](C)(C)C. The van der Waals surface area contributed by atoms with Gasteiger partial charge >= 0.3 is 0 Å². The summed E-state index contributed by atoms with van der Waals surface area (Å²) in [6, 6.07) is 0. The first kappa shape index (κ1) is 20.9. The monoisotopic (exact) mass is 299 g/mol. The molecule has 128 valence electrons. The molecule has 0 aliphatic rings. The highest BCUT2D eigenvalue weighted by molar-refractivity contribution is 4.49.